The number of nitrogens with zero attached hydrogens (tertiary/aromatic N) is 1. The summed E-state index contributed by atoms with van der Waals surface area (Å²) in [4.78, 5) is 24.3. The summed E-state index contributed by atoms with van der Waals surface area (Å²) in [5.41, 5.74) is 0.805. The van der Waals surface area contributed by atoms with E-state index in [9.17, 15) is 9.59 Å². The zero-order valence-corrected chi connectivity index (χ0v) is 13.4. The standard InChI is InChI=1S/C16H19N3O5/c1-10-9-14(19-24-10)18-15(21)11(2)23-16(22)12-5-3-4-6-13(12)17-7-8-20/h3-6,9,11,17,20H,7-8H2,1-2H3,(H,18,19,21)/t11-/m1/s1. The quantitative estimate of drug-likeness (QED) is 0.659. The van der Waals surface area contributed by atoms with Gasteiger partial charge in [-0.1, -0.05) is 17.3 Å². The Balaban J connectivity index is 1.99. The van der Waals surface area contributed by atoms with Crippen molar-refractivity contribution in [2.75, 3.05) is 23.8 Å². The fourth-order valence-electron chi connectivity index (χ4n) is 1.94. The molecule has 1 aromatic heterocycles. The number of hydrogen-bond acceptors (Lipinski definition) is 7. The highest BCUT2D eigenvalue weighted by Crippen LogP contribution is 2.17. The second-order valence-electron chi connectivity index (χ2n) is 5.06. The van der Waals surface area contributed by atoms with Gasteiger partial charge in [-0.05, 0) is 26.0 Å². The average Bonchev–Trinajstić information content (AvgIpc) is 2.97. The normalized spacial score (nSPS) is 11.6. The summed E-state index contributed by atoms with van der Waals surface area (Å²) in [6.45, 7) is 3.39. The van der Waals surface area contributed by atoms with Gasteiger partial charge in [-0.25, -0.2) is 4.79 Å². The largest absolute Gasteiger partial charge is 0.449 e. The third-order valence-corrected chi connectivity index (χ3v) is 3.11. The molecule has 0 saturated carbocycles. The predicted molar refractivity (Wildman–Crippen MR) is 86.8 cm³/mol. The van der Waals surface area contributed by atoms with Gasteiger partial charge in [0, 0.05) is 18.3 Å². The summed E-state index contributed by atoms with van der Waals surface area (Å²) in [5.74, 6) is -0.350. The Labute approximate surface area is 138 Å². The first-order chi connectivity index (χ1) is 11.5. The molecule has 1 amide bonds. The zero-order valence-electron chi connectivity index (χ0n) is 13.4. The number of aliphatic hydroxyl groups is 1. The molecule has 0 aliphatic heterocycles. The molecule has 2 rings (SSSR count). The van der Waals surface area contributed by atoms with Crippen LogP contribution in [0.25, 0.3) is 0 Å². The molecule has 8 nitrogen and oxygen atoms in total. The van der Waals surface area contributed by atoms with E-state index in [1.165, 1.54) is 6.92 Å². The van der Waals surface area contributed by atoms with Crippen LogP contribution in [0.1, 0.15) is 23.0 Å². The van der Waals surface area contributed by atoms with Gasteiger partial charge < -0.3 is 25.0 Å². The van der Waals surface area contributed by atoms with Gasteiger partial charge >= 0.3 is 5.97 Å². The second kappa shape index (κ2) is 8.11. The lowest BCUT2D eigenvalue weighted by Crippen LogP contribution is -2.30. The topological polar surface area (TPSA) is 114 Å². The molecule has 1 heterocycles. The van der Waals surface area contributed by atoms with Gasteiger partial charge in [-0.3, -0.25) is 4.79 Å². The van der Waals surface area contributed by atoms with Crippen LogP contribution in [0.3, 0.4) is 0 Å². The van der Waals surface area contributed by atoms with Gasteiger partial charge in [-0.2, -0.15) is 0 Å². The number of benzene rings is 1. The molecule has 128 valence electrons. The molecule has 0 bridgehead atoms. The maximum absolute atomic E-state index is 12.3. The number of aliphatic hydroxyl groups excluding tert-OH is 1. The van der Waals surface area contributed by atoms with E-state index in [2.05, 4.69) is 15.8 Å². The summed E-state index contributed by atoms with van der Waals surface area (Å²) < 4.78 is 10.0. The molecule has 2 aromatic rings. The van der Waals surface area contributed by atoms with Crippen LogP contribution in [0.4, 0.5) is 11.5 Å². The van der Waals surface area contributed by atoms with Crippen LogP contribution in [-0.2, 0) is 9.53 Å². The molecule has 1 atom stereocenters. The Morgan fingerprint density at radius 1 is 1.38 bits per heavy atom. The highest BCUT2D eigenvalue weighted by molar-refractivity contribution is 5.99. The van der Waals surface area contributed by atoms with Gasteiger partial charge in [0.2, 0.25) is 0 Å². The molecule has 0 aliphatic rings. The molecule has 0 radical (unpaired) electrons. The maximum Gasteiger partial charge on any atom is 0.341 e. The highest BCUT2D eigenvalue weighted by atomic mass is 16.5. The number of para-hydroxylation sites is 1. The van der Waals surface area contributed by atoms with Crippen LogP contribution in [0.15, 0.2) is 34.9 Å². The van der Waals surface area contributed by atoms with Crippen LogP contribution in [0, 0.1) is 6.92 Å². The summed E-state index contributed by atoms with van der Waals surface area (Å²) in [6, 6.07) is 8.26. The number of aryl methyl sites for hydroxylation is 1. The van der Waals surface area contributed by atoms with Crippen molar-refractivity contribution in [3.05, 3.63) is 41.7 Å². The van der Waals surface area contributed by atoms with E-state index in [1.54, 1.807) is 37.3 Å². The van der Waals surface area contributed by atoms with Gasteiger partial charge in [0.05, 0.1) is 12.2 Å². The molecule has 8 heteroatoms. The van der Waals surface area contributed by atoms with Crippen LogP contribution in [0.2, 0.25) is 0 Å². The molecule has 1 aromatic carbocycles. The smallest absolute Gasteiger partial charge is 0.341 e. The Morgan fingerprint density at radius 3 is 2.79 bits per heavy atom. The summed E-state index contributed by atoms with van der Waals surface area (Å²) >= 11 is 0. The minimum absolute atomic E-state index is 0.0701. The van der Waals surface area contributed by atoms with Crippen molar-refractivity contribution in [1.82, 2.24) is 5.16 Å². The number of rotatable bonds is 7. The van der Waals surface area contributed by atoms with Gasteiger partial charge in [0.15, 0.2) is 11.9 Å². The lowest BCUT2D eigenvalue weighted by molar-refractivity contribution is -0.123. The van der Waals surface area contributed by atoms with Crippen LogP contribution >= 0.6 is 0 Å². The number of aromatic nitrogens is 1. The van der Waals surface area contributed by atoms with Crippen LogP contribution in [-0.4, -0.2) is 41.4 Å². The SMILES string of the molecule is Cc1cc(NC(=O)[C@@H](C)OC(=O)c2ccccc2NCCO)no1. The van der Waals surface area contributed by atoms with Crippen LogP contribution in [0.5, 0.6) is 0 Å². The van der Waals surface area contributed by atoms with Crippen molar-refractivity contribution in [2.24, 2.45) is 0 Å². The number of anilines is 2. The molecule has 0 unspecified atom stereocenters. The van der Waals surface area contributed by atoms with E-state index in [1.807, 2.05) is 0 Å². The fraction of sp³-hybridized carbons (Fsp3) is 0.312. The van der Waals surface area contributed by atoms with Crippen molar-refractivity contribution in [2.45, 2.75) is 20.0 Å². The number of nitrogens with one attached hydrogen (secondary N) is 2. The average molecular weight is 333 g/mol. The van der Waals surface area contributed by atoms with E-state index in [0.717, 1.165) is 0 Å². The van der Waals surface area contributed by atoms with Gasteiger partial charge in [-0.15, -0.1) is 0 Å². The monoisotopic (exact) mass is 333 g/mol. The van der Waals surface area contributed by atoms with E-state index in [4.69, 9.17) is 14.4 Å². The Bertz CT molecular complexity index is 713. The minimum atomic E-state index is -1.01. The van der Waals surface area contributed by atoms with Gasteiger partial charge in [0.1, 0.15) is 5.76 Å². The molecular formula is C16H19N3O5. The second-order valence-corrected chi connectivity index (χ2v) is 5.06. The Hall–Kier alpha value is -2.87. The number of amides is 1. The van der Waals surface area contributed by atoms with Crippen molar-refractivity contribution in [1.29, 1.82) is 0 Å². The molecule has 0 saturated heterocycles. The lowest BCUT2D eigenvalue weighted by Gasteiger charge is -2.14. The Morgan fingerprint density at radius 2 is 2.12 bits per heavy atom. The summed E-state index contributed by atoms with van der Waals surface area (Å²) in [7, 11) is 0. The molecule has 0 aliphatic carbocycles. The van der Waals surface area contributed by atoms with Crippen molar-refractivity contribution < 1.29 is 24.0 Å². The number of carbonyl (C=O) groups excluding carboxylic acids is 2. The molecule has 0 fully saturated rings. The molecule has 0 spiro atoms. The molecular weight excluding hydrogens is 314 g/mol. The highest BCUT2D eigenvalue weighted by Gasteiger charge is 2.21. The Kier molecular flexibility index (Phi) is 5.91. The summed E-state index contributed by atoms with van der Waals surface area (Å²) in [5, 5.41) is 17.9. The third-order valence-electron chi connectivity index (χ3n) is 3.11. The van der Waals surface area contributed by atoms with Crippen molar-refractivity contribution in [3.8, 4) is 0 Å². The molecule has 3 N–H and O–H groups in total. The first-order valence-electron chi connectivity index (χ1n) is 7.40. The van der Waals surface area contributed by atoms with E-state index < -0.39 is 18.0 Å². The van der Waals surface area contributed by atoms with Crippen LogP contribution < -0.4 is 10.6 Å². The number of esters is 1. The first kappa shape index (κ1) is 17.5. The maximum atomic E-state index is 12.3. The predicted octanol–water partition coefficient (Wildman–Crippen LogP) is 1.57. The van der Waals surface area contributed by atoms with E-state index >= 15 is 0 Å². The van der Waals surface area contributed by atoms with Crippen molar-refractivity contribution in [3.63, 3.8) is 0 Å². The number of carbonyl (C=O) groups is 2. The lowest BCUT2D eigenvalue weighted by atomic mass is 10.1. The minimum Gasteiger partial charge on any atom is -0.449 e. The van der Waals surface area contributed by atoms with E-state index in [0.29, 0.717) is 18.0 Å². The number of hydrogen-bond donors (Lipinski definition) is 3. The molecule has 24 heavy (non-hydrogen) atoms. The van der Waals surface area contributed by atoms with E-state index in [-0.39, 0.29) is 18.0 Å². The summed E-state index contributed by atoms with van der Waals surface area (Å²) in [6.07, 6.45) is -1.01. The van der Waals surface area contributed by atoms with Crippen molar-refractivity contribution >= 4 is 23.4 Å². The third kappa shape index (κ3) is 4.56. The zero-order chi connectivity index (χ0) is 17.5. The first-order valence-corrected chi connectivity index (χ1v) is 7.40. The number of ether oxygens (including phenoxy) is 1. The van der Waals surface area contributed by atoms with Gasteiger partial charge in [0.25, 0.3) is 5.91 Å². The fourth-order valence-corrected chi connectivity index (χ4v) is 1.94.